The summed E-state index contributed by atoms with van der Waals surface area (Å²) in [4.78, 5) is 0. The zero-order valence-corrected chi connectivity index (χ0v) is 12.7. The van der Waals surface area contributed by atoms with Gasteiger partial charge in [-0.1, -0.05) is 25.5 Å². The molecule has 0 heterocycles. The second kappa shape index (κ2) is 7.68. The lowest BCUT2D eigenvalue weighted by molar-refractivity contribution is 0.170. The third-order valence-electron chi connectivity index (χ3n) is 3.83. The predicted molar refractivity (Wildman–Crippen MR) is 83.7 cm³/mol. The second-order valence-electron chi connectivity index (χ2n) is 5.19. The number of hydrogen-bond donors (Lipinski definition) is 2. The fourth-order valence-corrected chi connectivity index (χ4v) is 3.96. The van der Waals surface area contributed by atoms with Crippen molar-refractivity contribution in [2.24, 2.45) is 0 Å². The van der Waals surface area contributed by atoms with Crippen molar-refractivity contribution in [1.82, 2.24) is 5.32 Å². The molecule has 1 saturated carbocycles. The molecule has 1 aliphatic rings. The van der Waals surface area contributed by atoms with Crippen molar-refractivity contribution < 1.29 is 5.11 Å². The van der Waals surface area contributed by atoms with Gasteiger partial charge in [0, 0.05) is 17.8 Å². The quantitative estimate of drug-likeness (QED) is 0.846. The Morgan fingerprint density at radius 3 is 2.80 bits per heavy atom. The molecule has 3 atom stereocenters. The third-order valence-corrected chi connectivity index (χ3v) is 5.16. The molecule has 1 aliphatic carbocycles. The van der Waals surface area contributed by atoms with Crippen LogP contribution in [0.5, 0.6) is 0 Å². The summed E-state index contributed by atoms with van der Waals surface area (Å²) in [6, 6.07) is 9.78. The van der Waals surface area contributed by atoms with Crippen LogP contribution in [0.4, 0.5) is 0 Å². The first kappa shape index (κ1) is 15.4. The topological polar surface area (TPSA) is 56.0 Å². The number of nitrogens with one attached hydrogen (secondary N) is 1. The highest BCUT2D eigenvalue weighted by molar-refractivity contribution is 7.99. The molecule has 1 aromatic carbocycles. The molecule has 0 amide bonds. The van der Waals surface area contributed by atoms with Crippen LogP contribution >= 0.6 is 11.8 Å². The molecule has 0 unspecified atom stereocenters. The van der Waals surface area contributed by atoms with Gasteiger partial charge in [0.2, 0.25) is 0 Å². The molecule has 0 radical (unpaired) electrons. The molecule has 20 heavy (non-hydrogen) atoms. The highest BCUT2D eigenvalue weighted by Crippen LogP contribution is 2.30. The van der Waals surface area contributed by atoms with E-state index in [4.69, 9.17) is 5.26 Å². The number of aliphatic hydroxyl groups is 1. The number of aliphatic hydroxyl groups excluding tert-OH is 1. The Morgan fingerprint density at radius 2 is 2.15 bits per heavy atom. The Balaban J connectivity index is 1.85. The summed E-state index contributed by atoms with van der Waals surface area (Å²) in [5, 5.41) is 23.2. The van der Waals surface area contributed by atoms with E-state index in [1.807, 2.05) is 23.9 Å². The summed E-state index contributed by atoms with van der Waals surface area (Å²) in [5.41, 5.74) is 1.50. The first-order valence-electron chi connectivity index (χ1n) is 7.27. The largest absolute Gasteiger partial charge is 0.387 e. The fraction of sp³-hybridized carbons (Fsp3) is 0.562. The maximum Gasteiger partial charge on any atom is 0.0991 e. The highest BCUT2D eigenvalue weighted by Gasteiger charge is 2.27. The summed E-state index contributed by atoms with van der Waals surface area (Å²) >= 11 is 2.02. The van der Waals surface area contributed by atoms with Crippen molar-refractivity contribution in [2.45, 2.75) is 43.6 Å². The van der Waals surface area contributed by atoms with Crippen LogP contribution in [0.25, 0.3) is 0 Å². The molecular formula is C16H22N2OS. The van der Waals surface area contributed by atoms with Crippen molar-refractivity contribution in [1.29, 1.82) is 5.26 Å². The van der Waals surface area contributed by atoms with Crippen molar-refractivity contribution in [3.63, 3.8) is 0 Å². The smallest absolute Gasteiger partial charge is 0.0991 e. The fourth-order valence-electron chi connectivity index (χ4n) is 2.73. The molecular weight excluding hydrogens is 268 g/mol. The molecule has 108 valence electrons. The monoisotopic (exact) mass is 290 g/mol. The number of nitrogens with zero attached hydrogens (tertiary/aromatic N) is 1. The van der Waals surface area contributed by atoms with Crippen LogP contribution < -0.4 is 5.32 Å². The SMILES string of the molecule is CCS[C@@H]1CCC[C@H]1NC[C@H](O)c1ccc(C#N)cc1. The second-order valence-corrected chi connectivity index (χ2v) is 6.71. The van der Waals surface area contributed by atoms with Gasteiger partial charge in [-0.05, 0) is 36.3 Å². The molecule has 3 nitrogen and oxygen atoms in total. The lowest BCUT2D eigenvalue weighted by Crippen LogP contribution is -2.37. The van der Waals surface area contributed by atoms with Crippen LogP contribution in [0.15, 0.2) is 24.3 Å². The van der Waals surface area contributed by atoms with E-state index in [9.17, 15) is 5.11 Å². The van der Waals surface area contributed by atoms with Crippen molar-refractivity contribution >= 4 is 11.8 Å². The molecule has 1 fully saturated rings. The normalized spacial score (nSPS) is 23.4. The van der Waals surface area contributed by atoms with Gasteiger partial charge in [-0.25, -0.2) is 0 Å². The Hall–Kier alpha value is -1.02. The average Bonchev–Trinajstić information content (AvgIpc) is 2.92. The minimum absolute atomic E-state index is 0.504. The summed E-state index contributed by atoms with van der Waals surface area (Å²) in [7, 11) is 0. The molecule has 2 rings (SSSR count). The number of nitriles is 1. The van der Waals surface area contributed by atoms with E-state index in [2.05, 4.69) is 18.3 Å². The van der Waals surface area contributed by atoms with Crippen molar-refractivity contribution in [3.05, 3.63) is 35.4 Å². The molecule has 4 heteroatoms. The molecule has 0 aromatic heterocycles. The van der Waals surface area contributed by atoms with Gasteiger partial charge in [0.05, 0.1) is 17.7 Å². The molecule has 0 aliphatic heterocycles. The number of benzene rings is 1. The Bertz CT molecular complexity index is 455. The van der Waals surface area contributed by atoms with E-state index in [0.717, 1.165) is 11.3 Å². The van der Waals surface area contributed by atoms with E-state index in [-0.39, 0.29) is 0 Å². The molecule has 0 spiro atoms. The summed E-state index contributed by atoms with van der Waals surface area (Å²) in [5.74, 6) is 1.15. The van der Waals surface area contributed by atoms with E-state index in [0.29, 0.717) is 23.4 Å². The van der Waals surface area contributed by atoms with Crippen LogP contribution in [0.2, 0.25) is 0 Å². The van der Waals surface area contributed by atoms with E-state index in [1.165, 1.54) is 19.3 Å². The van der Waals surface area contributed by atoms with Gasteiger partial charge in [-0.3, -0.25) is 0 Å². The molecule has 0 saturated heterocycles. The highest BCUT2D eigenvalue weighted by atomic mass is 32.2. The zero-order valence-electron chi connectivity index (χ0n) is 11.9. The summed E-state index contributed by atoms with van der Waals surface area (Å²) < 4.78 is 0. The Morgan fingerprint density at radius 1 is 1.40 bits per heavy atom. The Labute approximate surface area is 125 Å². The Kier molecular flexibility index (Phi) is 5.90. The average molecular weight is 290 g/mol. The first-order chi connectivity index (χ1) is 9.74. The van der Waals surface area contributed by atoms with Gasteiger partial charge in [0.1, 0.15) is 0 Å². The van der Waals surface area contributed by atoms with Crippen LogP contribution in [0.3, 0.4) is 0 Å². The van der Waals surface area contributed by atoms with Gasteiger partial charge in [0.15, 0.2) is 0 Å². The zero-order chi connectivity index (χ0) is 14.4. The van der Waals surface area contributed by atoms with Gasteiger partial charge in [-0.15, -0.1) is 0 Å². The van der Waals surface area contributed by atoms with Crippen molar-refractivity contribution in [2.75, 3.05) is 12.3 Å². The van der Waals surface area contributed by atoms with Gasteiger partial charge in [0.25, 0.3) is 0 Å². The summed E-state index contributed by atoms with van der Waals surface area (Å²) in [6.07, 6.45) is 3.26. The molecule has 2 N–H and O–H groups in total. The maximum absolute atomic E-state index is 10.2. The lowest BCUT2D eigenvalue weighted by atomic mass is 10.1. The van der Waals surface area contributed by atoms with Crippen LogP contribution in [0, 0.1) is 11.3 Å². The number of hydrogen-bond acceptors (Lipinski definition) is 4. The maximum atomic E-state index is 10.2. The first-order valence-corrected chi connectivity index (χ1v) is 8.32. The number of rotatable bonds is 6. The summed E-state index contributed by atoms with van der Waals surface area (Å²) in [6.45, 7) is 2.78. The molecule has 0 bridgehead atoms. The molecule has 1 aromatic rings. The van der Waals surface area contributed by atoms with E-state index in [1.54, 1.807) is 12.1 Å². The van der Waals surface area contributed by atoms with Crippen LogP contribution in [0.1, 0.15) is 43.4 Å². The van der Waals surface area contributed by atoms with E-state index >= 15 is 0 Å². The predicted octanol–water partition coefficient (Wildman–Crippen LogP) is 2.86. The van der Waals surface area contributed by atoms with Gasteiger partial charge >= 0.3 is 0 Å². The van der Waals surface area contributed by atoms with Crippen LogP contribution in [-0.4, -0.2) is 28.7 Å². The third kappa shape index (κ3) is 3.99. The van der Waals surface area contributed by atoms with E-state index < -0.39 is 6.10 Å². The van der Waals surface area contributed by atoms with Crippen LogP contribution in [-0.2, 0) is 0 Å². The van der Waals surface area contributed by atoms with Gasteiger partial charge in [-0.2, -0.15) is 17.0 Å². The minimum Gasteiger partial charge on any atom is -0.387 e. The standard InChI is InChI=1S/C16H22N2OS/c1-2-20-16-5-3-4-14(16)18-11-15(19)13-8-6-12(10-17)7-9-13/h6-9,14-16,18-19H,2-5,11H2,1H3/t14-,15+,16-/m1/s1. The number of thioether (sulfide) groups is 1. The van der Waals surface area contributed by atoms with Crippen molar-refractivity contribution in [3.8, 4) is 6.07 Å². The lowest BCUT2D eigenvalue weighted by Gasteiger charge is -2.22. The minimum atomic E-state index is -0.504. The van der Waals surface area contributed by atoms with Gasteiger partial charge < -0.3 is 10.4 Å².